The first kappa shape index (κ1) is 15.8. The van der Waals surface area contributed by atoms with Crippen molar-refractivity contribution in [3.63, 3.8) is 0 Å². The van der Waals surface area contributed by atoms with Gasteiger partial charge >= 0.3 is 5.90 Å². The van der Waals surface area contributed by atoms with Crippen LogP contribution < -0.4 is 0 Å². The standard InChI is InChI=1S/C6H14NO.CH4O4S/c1-5-6(8-4)7(2)3;1-5-6(2,3)4/h5H2,1-4H3;1H3,(H,2,3,4)/q+1;/p-1. The minimum absolute atomic E-state index is 0.808. The molecule has 0 heterocycles. The van der Waals surface area contributed by atoms with Crippen molar-refractivity contribution in [2.45, 2.75) is 13.3 Å². The first-order valence-electron chi connectivity index (χ1n) is 3.87. The van der Waals surface area contributed by atoms with Gasteiger partial charge in [-0.1, -0.05) is 6.92 Å². The molecular weight excluding hydrogens is 210 g/mol. The van der Waals surface area contributed by atoms with Crippen molar-refractivity contribution in [2.24, 2.45) is 0 Å². The number of methoxy groups -OCH3 is 1. The van der Waals surface area contributed by atoms with Crippen molar-refractivity contribution in [2.75, 3.05) is 28.3 Å². The summed E-state index contributed by atoms with van der Waals surface area (Å²) >= 11 is 0. The third-order valence-corrected chi connectivity index (χ3v) is 1.65. The van der Waals surface area contributed by atoms with Crippen LogP contribution in [0.2, 0.25) is 0 Å². The van der Waals surface area contributed by atoms with E-state index >= 15 is 0 Å². The van der Waals surface area contributed by atoms with Gasteiger partial charge in [0.15, 0.2) is 0 Å². The van der Waals surface area contributed by atoms with E-state index in [9.17, 15) is 13.0 Å². The van der Waals surface area contributed by atoms with Gasteiger partial charge in [0, 0.05) is 0 Å². The molecule has 0 spiro atoms. The van der Waals surface area contributed by atoms with Gasteiger partial charge in [-0.3, -0.25) is 4.18 Å². The number of ether oxygens (including phenoxy) is 1. The Morgan fingerprint density at radius 1 is 1.36 bits per heavy atom. The zero-order valence-corrected chi connectivity index (χ0v) is 9.92. The molecule has 0 saturated heterocycles. The molecule has 0 saturated carbocycles. The van der Waals surface area contributed by atoms with Crippen LogP contribution >= 0.6 is 0 Å². The highest BCUT2D eigenvalue weighted by atomic mass is 32.3. The fourth-order valence-electron chi connectivity index (χ4n) is 0.643. The zero-order chi connectivity index (χ0) is 11.8. The summed E-state index contributed by atoms with van der Waals surface area (Å²) in [7, 11) is 2.04. The molecule has 0 aromatic heterocycles. The third kappa shape index (κ3) is 11.3. The minimum Gasteiger partial charge on any atom is -0.726 e. The number of hydrogen-bond donors (Lipinski definition) is 0. The van der Waals surface area contributed by atoms with Crippen LogP contribution in [0.5, 0.6) is 0 Å². The summed E-state index contributed by atoms with van der Waals surface area (Å²) in [6, 6.07) is 0. The molecule has 6 nitrogen and oxygen atoms in total. The summed E-state index contributed by atoms with van der Waals surface area (Å²) in [4.78, 5) is 0. The Hall–Kier alpha value is -0.660. The van der Waals surface area contributed by atoms with E-state index in [0.29, 0.717) is 0 Å². The molecule has 0 N–H and O–H groups in total. The molecule has 0 fully saturated rings. The maximum Gasteiger partial charge on any atom is 0.335 e. The van der Waals surface area contributed by atoms with E-state index in [1.165, 1.54) is 0 Å². The lowest BCUT2D eigenvalue weighted by Crippen LogP contribution is -2.13. The van der Waals surface area contributed by atoms with Gasteiger partial charge in [-0.05, 0) is 0 Å². The number of hydrogen-bond acceptors (Lipinski definition) is 5. The summed E-state index contributed by atoms with van der Waals surface area (Å²) < 4.78 is 38.0. The molecule has 0 aliphatic carbocycles. The predicted octanol–water partition coefficient (Wildman–Crippen LogP) is -0.194. The van der Waals surface area contributed by atoms with E-state index in [4.69, 9.17) is 4.74 Å². The molecule has 0 unspecified atom stereocenters. The van der Waals surface area contributed by atoms with Gasteiger partial charge in [0.1, 0.15) is 14.1 Å². The summed E-state index contributed by atoms with van der Waals surface area (Å²) in [6.45, 7) is 2.07. The molecule has 0 rings (SSSR count). The van der Waals surface area contributed by atoms with Crippen LogP contribution in [-0.4, -0.2) is 51.8 Å². The zero-order valence-electron chi connectivity index (χ0n) is 9.10. The molecule has 0 amide bonds. The first-order valence-corrected chi connectivity index (χ1v) is 5.20. The van der Waals surface area contributed by atoms with Gasteiger partial charge < -0.3 is 9.29 Å². The molecule has 86 valence electrons. The summed E-state index contributed by atoms with van der Waals surface area (Å²) in [6.07, 6.45) is 0.962. The summed E-state index contributed by atoms with van der Waals surface area (Å²) in [5.74, 6) is 1.02. The Balaban J connectivity index is 0. The predicted molar refractivity (Wildman–Crippen MR) is 51.1 cm³/mol. The van der Waals surface area contributed by atoms with Gasteiger partial charge in [-0.25, -0.2) is 13.0 Å². The average Bonchev–Trinajstić information content (AvgIpc) is 2.06. The number of nitrogens with zero attached hydrogens (tertiary/aromatic N) is 1. The topological polar surface area (TPSA) is 78.7 Å². The van der Waals surface area contributed by atoms with Crippen LogP contribution in [-0.2, 0) is 19.3 Å². The lowest BCUT2D eigenvalue weighted by atomic mass is 10.5. The van der Waals surface area contributed by atoms with Crippen LogP contribution in [0.1, 0.15) is 13.3 Å². The van der Waals surface area contributed by atoms with Crippen molar-refractivity contribution in [3.8, 4) is 0 Å². The minimum atomic E-state index is -4.41. The largest absolute Gasteiger partial charge is 0.726 e. The van der Waals surface area contributed by atoms with Crippen molar-refractivity contribution < 1.29 is 26.5 Å². The van der Waals surface area contributed by atoms with Crippen LogP contribution in [0.15, 0.2) is 0 Å². The maximum atomic E-state index is 9.22. The van der Waals surface area contributed by atoms with E-state index in [1.54, 1.807) is 7.11 Å². The Morgan fingerprint density at radius 2 is 1.71 bits per heavy atom. The molecule has 0 aliphatic heterocycles. The molecule has 14 heavy (non-hydrogen) atoms. The highest BCUT2D eigenvalue weighted by molar-refractivity contribution is 7.80. The fraction of sp³-hybridized carbons (Fsp3) is 0.857. The smallest absolute Gasteiger partial charge is 0.335 e. The van der Waals surface area contributed by atoms with E-state index in [-0.39, 0.29) is 0 Å². The lowest BCUT2D eigenvalue weighted by Gasteiger charge is -1.98. The molecule has 0 atom stereocenters. The second-order valence-electron chi connectivity index (χ2n) is 2.42. The van der Waals surface area contributed by atoms with Crippen molar-refractivity contribution in [1.82, 2.24) is 0 Å². The van der Waals surface area contributed by atoms with Gasteiger partial charge in [-0.2, -0.15) is 0 Å². The van der Waals surface area contributed by atoms with Crippen molar-refractivity contribution in [3.05, 3.63) is 0 Å². The van der Waals surface area contributed by atoms with Gasteiger partial charge in [0.2, 0.25) is 10.4 Å². The maximum absolute atomic E-state index is 9.22. The fourth-order valence-corrected chi connectivity index (χ4v) is 0.643. The Morgan fingerprint density at radius 3 is 1.71 bits per heavy atom. The summed E-state index contributed by atoms with van der Waals surface area (Å²) in [5.41, 5.74) is 0. The highest BCUT2D eigenvalue weighted by Gasteiger charge is 2.00. The monoisotopic (exact) mass is 227 g/mol. The molecule has 0 aliphatic rings. The Kier molecular flexibility index (Phi) is 8.71. The van der Waals surface area contributed by atoms with E-state index < -0.39 is 10.4 Å². The Labute approximate surface area is 85.1 Å². The van der Waals surface area contributed by atoms with Gasteiger partial charge in [0.05, 0.1) is 20.6 Å². The molecule has 0 radical (unpaired) electrons. The Bertz CT molecular complexity index is 260. The molecule has 0 bridgehead atoms. The second kappa shape index (κ2) is 7.72. The molecular formula is C7H17NO5S. The number of rotatable bonds is 2. The van der Waals surface area contributed by atoms with Crippen LogP contribution in [0.3, 0.4) is 0 Å². The third-order valence-electron chi connectivity index (χ3n) is 1.24. The molecule has 0 aromatic rings. The van der Waals surface area contributed by atoms with Crippen molar-refractivity contribution in [1.29, 1.82) is 0 Å². The van der Waals surface area contributed by atoms with E-state index in [0.717, 1.165) is 19.4 Å². The van der Waals surface area contributed by atoms with Crippen LogP contribution in [0.25, 0.3) is 0 Å². The SMILES string of the molecule is CCC(OC)=[N+](C)C.COS(=O)(=O)[O-]. The van der Waals surface area contributed by atoms with Crippen LogP contribution in [0.4, 0.5) is 0 Å². The van der Waals surface area contributed by atoms with Gasteiger partial charge in [0.25, 0.3) is 0 Å². The van der Waals surface area contributed by atoms with Gasteiger partial charge in [-0.15, -0.1) is 0 Å². The quantitative estimate of drug-likeness (QED) is 0.215. The summed E-state index contributed by atoms with van der Waals surface area (Å²) in [5, 5.41) is 0. The van der Waals surface area contributed by atoms with E-state index in [1.807, 2.05) is 18.7 Å². The molecule has 7 heteroatoms. The van der Waals surface area contributed by atoms with E-state index in [2.05, 4.69) is 11.1 Å². The molecule has 0 aromatic carbocycles. The van der Waals surface area contributed by atoms with Crippen LogP contribution in [0, 0.1) is 0 Å². The normalized spacial score (nSPS) is 9.86. The second-order valence-corrected chi connectivity index (χ2v) is 3.57. The lowest BCUT2D eigenvalue weighted by molar-refractivity contribution is -0.475. The highest BCUT2D eigenvalue weighted by Crippen LogP contribution is 1.82. The first-order chi connectivity index (χ1) is 6.28. The van der Waals surface area contributed by atoms with Crippen molar-refractivity contribution >= 4 is 16.3 Å². The average molecular weight is 227 g/mol.